The van der Waals surface area contributed by atoms with Crippen molar-refractivity contribution < 1.29 is 12.6 Å². The lowest BCUT2D eigenvalue weighted by Gasteiger charge is -2.19. The first-order valence-corrected chi connectivity index (χ1v) is 8.70. The van der Waals surface area contributed by atoms with Crippen molar-refractivity contribution in [3.05, 3.63) is 18.0 Å². The van der Waals surface area contributed by atoms with E-state index in [-0.39, 0.29) is 0 Å². The van der Waals surface area contributed by atoms with Crippen LogP contribution in [-0.4, -0.2) is 44.3 Å². The molecule has 2 heterocycles. The molecule has 0 N–H and O–H groups in total. The molecule has 2 aliphatic rings. The fourth-order valence-corrected chi connectivity index (χ4v) is 3.36. The lowest BCUT2D eigenvalue weighted by molar-refractivity contribution is 0.289. The number of nitrogens with zero attached hydrogens (tertiary/aromatic N) is 3. The Bertz CT molecular complexity index is 575. The number of hydrogen-bond acceptors (Lipinski definition) is 6. The molecule has 2 fully saturated rings. The maximum atomic E-state index is 11.0. The fourth-order valence-electron chi connectivity index (χ4n) is 2.96. The molecule has 1 aliphatic carbocycles. The minimum absolute atomic E-state index is 0.317. The summed E-state index contributed by atoms with van der Waals surface area (Å²) in [5, 5.41) is 0. The number of rotatable bonds is 5. The minimum Gasteiger partial charge on any atom is -0.340 e. The van der Waals surface area contributed by atoms with Gasteiger partial charge < -0.3 is 4.90 Å². The van der Waals surface area contributed by atoms with Gasteiger partial charge in [-0.2, -0.15) is 8.42 Å². The molecule has 110 valence electrons. The Hall–Kier alpha value is -1.21. The van der Waals surface area contributed by atoms with E-state index >= 15 is 0 Å². The molecule has 2 atom stereocenters. The van der Waals surface area contributed by atoms with E-state index in [1.165, 1.54) is 0 Å². The molecule has 1 aromatic heterocycles. The molecule has 1 saturated heterocycles. The van der Waals surface area contributed by atoms with Crippen LogP contribution < -0.4 is 4.90 Å². The molecular formula is C13H19N3O3S. The van der Waals surface area contributed by atoms with Crippen molar-refractivity contribution in [2.45, 2.75) is 13.3 Å². The van der Waals surface area contributed by atoms with Gasteiger partial charge in [0.25, 0.3) is 10.1 Å². The summed E-state index contributed by atoms with van der Waals surface area (Å²) in [4.78, 5) is 10.9. The van der Waals surface area contributed by atoms with Crippen LogP contribution in [0.3, 0.4) is 0 Å². The summed E-state index contributed by atoms with van der Waals surface area (Å²) in [5.74, 6) is 2.19. The summed E-state index contributed by atoms with van der Waals surface area (Å²) in [6.07, 6.45) is 5.78. The Morgan fingerprint density at radius 1 is 1.30 bits per heavy atom. The monoisotopic (exact) mass is 297 g/mol. The molecule has 3 rings (SSSR count). The van der Waals surface area contributed by atoms with Crippen molar-refractivity contribution in [1.82, 2.24) is 9.97 Å². The molecule has 0 amide bonds. The first-order chi connectivity index (χ1) is 9.48. The molecular weight excluding hydrogens is 278 g/mol. The van der Waals surface area contributed by atoms with Crippen LogP contribution in [0.1, 0.15) is 12.5 Å². The van der Waals surface area contributed by atoms with Crippen LogP contribution in [0.2, 0.25) is 0 Å². The van der Waals surface area contributed by atoms with Gasteiger partial charge >= 0.3 is 0 Å². The first-order valence-electron chi connectivity index (χ1n) is 6.88. The van der Waals surface area contributed by atoms with E-state index in [0.29, 0.717) is 24.4 Å². The largest absolute Gasteiger partial charge is 0.340 e. The molecule has 1 aromatic rings. The Kier molecular flexibility index (Phi) is 3.41. The molecule has 0 bridgehead atoms. The van der Waals surface area contributed by atoms with Gasteiger partial charge in [-0.05, 0) is 29.7 Å². The summed E-state index contributed by atoms with van der Waals surface area (Å²) < 4.78 is 26.8. The van der Waals surface area contributed by atoms with Crippen molar-refractivity contribution in [2.24, 2.45) is 17.8 Å². The average molecular weight is 297 g/mol. The average Bonchev–Trinajstić information content (AvgIpc) is 2.87. The zero-order valence-electron chi connectivity index (χ0n) is 11.7. The standard InChI is InChI=1S/C13H19N3O3S/c1-3-9-4-14-13(15-5-9)16-6-10-11(7-16)12(10)8-19-20(2,17)18/h4-5,10-12H,3,6-8H2,1-2H3. The van der Waals surface area contributed by atoms with Gasteiger partial charge in [0.2, 0.25) is 5.95 Å². The van der Waals surface area contributed by atoms with E-state index in [1.807, 2.05) is 12.4 Å². The topological polar surface area (TPSA) is 72.4 Å². The van der Waals surface area contributed by atoms with E-state index < -0.39 is 10.1 Å². The van der Waals surface area contributed by atoms with Crippen molar-refractivity contribution in [3.63, 3.8) is 0 Å². The molecule has 0 aromatic carbocycles. The maximum absolute atomic E-state index is 11.0. The quantitative estimate of drug-likeness (QED) is 0.745. The third kappa shape index (κ3) is 2.78. The fraction of sp³-hybridized carbons (Fsp3) is 0.692. The summed E-state index contributed by atoms with van der Waals surface area (Å²) in [6.45, 7) is 4.19. The van der Waals surface area contributed by atoms with Crippen LogP contribution in [0.4, 0.5) is 5.95 Å². The van der Waals surface area contributed by atoms with Crippen molar-refractivity contribution in [1.29, 1.82) is 0 Å². The third-order valence-electron chi connectivity index (χ3n) is 4.23. The molecule has 7 heteroatoms. The Morgan fingerprint density at radius 2 is 1.90 bits per heavy atom. The van der Waals surface area contributed by atoms with Crippen LogP contribution in [0, 0.1) is 17.8 Å². The molecule has 0 spiro atoms. The van der Waals surface area contributed by atoms with Crippen molar-refractivity contribution in [3.8, 4) is 0 Å². The number of aryl methyl sites for hydroxylation is 1. The number of anilines is 1. The molecule has 1 aliphatic heterocycles. The molecule has 20 heavy (non-hydrogen) atoms. The van der Waals surface area contributed by atoms with Crippen molar-refractivity contribution in [2.75, 3.05) is 30.9 Å². The summed E-state index contributed by atoms with van der Waals surface area (Å²) in [7, 11) is -3.32. The van der Waals surface area contributed by atoms with Gasteiger partial charge in [-0.3, -0.25) is 4.18 Å². The van der Waals surface area contributed by atoms with E-state index in [2.05, 4.69) is 21.8 Å². The normalized spacial score (nSPS) is 28.5. The van der Waals surface area contributed by atoms with E-state index in [4.69, 9.17) is 4.18 Å². The zero-order chi connectivity index (χ0) is 14.3. The van der Waals surface area contributed by atoms with Crippen LogP contribution in [0.15, 0.2) is 12.4 Å². The minimum atomic E-state index is -3.32. The van der Waals surface area contributed by atoms with E-state index in [1.54, 1.807) is 0 Å². The number of piperidine rings is 1. The second kappa shape index (κ2) is 4.96. The maximum Gasteiger partial charge on any atom is 0.264 e. The summed E-state index contributed by atoms with van der Waals surface area (Å²) in [6, 6.07) is 0. The molecule has 1 saturated carbocycles. The molecule has 0 radical (unpaired) electrons. The van der Waals surface area contributed by atoms with Gasteiger partial charge in [0, 0.05) is 25.5 Å². The number of fused-ring (bicyclic) bond motifs is 1. The molecule has 6 nitrogen and oxygen atoms in total. The second-order valence-electron chi connectivity index (χ2n) is 5.63. The Labute approximate surface area is 119 Å². The van der Waals surface area contributed by atoms with Crippen LogP contribution in [-0.2, 0) is 20.7 Å². The first kappa shape index (κ1) is 13.8. The lowest BCUT2D eigenvalue weighted by Crippen LogP contribution is -2.27. The zero-order valence-corrected chi connectivity index (χ0v) is 12.5. The Balaban J connectivity index is 1.53. The van der Waals surface area contributed by atoms with Gasteiger partial charge in [-0.25, -0.2) is 9.97 Å². The predicted octanol–water partition coefficient (Wildman–Crippen LogP) is 0.697. The summed E-state index contributed by atoms with van der Waals surface area (Å²) >= 11 is 0. The van der Waals surface area contributed by atoms with Gasteiger partial charge in [0.05, 0.1) is 12.9 Å². The van der Waals surface area contributed by atoms with Gasteiger partial charge in [-0.15, -0.1) is 0 Å². The second-order valence-corrected chi connectivity index (χ2v) is 7.27. The smallest absolute Gasteiger partial charge is 0.264 e. The lowest BCUT2D eigenvalue weighted by atomic mass is 10.3. The number of hydrogen-bond donors (Lipinski definition) is 0. The summed E-state index contributed by atoms with van der Waals surface area (Å²) in [5.41, 5.74) is 1.14. The molecule has 2 unspecified atom stereocenters. The Morgan fingerprint density at radius 3 is 2.40 bits per heavy atom. The highest BCUT2D eigenvalue weighted by molar-refractivity contribution is 7.85. The van der Waals surface area contributed by atoms with Gasteiger partial charge in [0.15, 0.2) is 0 Å². The highest BCUT2D eigenvalue weighted by Crippen LogP contribution is 2.52. The van der Waals surface area contributed by atoms with E-state index in [0.717, 1.165) is 37.3 Å². The predicted molar refractivity (Wildman–Crippen MR) is 74.9 cm³/mol. The van der Waals surface area contributed by atoms with Gasteiger partial charge in [0.1, 0.15) is 0 Å². The van der Waals surface area contributed by atoms with Crippen molar-refractivity contribution >= 4 is 16.1 Å². The van der Waals surface area contributed by atoms with Crippen LogP contribution >= 0.6 is 0 Å². The SMILES string of the molecule is CCc1cnc(N2CC3C(COS(C)(=O)=O)C3C2)nc1. The van der Waals surface area contributed by atoms with Crippen LogP contribution in [0.5, 0.6) is 0 Å². The third-order valence-corrected chi connectivity index (χ3v) is 4.79. The van der Waals surface area contributed by atoms with Gasteiger partial charge in [-0.1, -0.05) is 6.92 Å². The highest BCUT2D eigenvalue weighted by Gasteiger charge is 2.56. The number of aromatic nitrogens is 2. The van der Waals surface area contributed by atoms with Crippen LogP contribution in [0.25, 0.3) is 0 Å². The highest BCUT2D eigenvalue weighted by atomic mass is 32.2. The van der Waals surface area contributed by atoms with E-state index in [9.17, 15) is 8.42 Å².